The van der Waals surface area contributed by atoms with Gasteiger partial charge in [-0.3, -0.25) is 0 Å². The van der Waals surface area contributed by atoms with E-state index in [2.05, 4.69) is 18.4 Å². The highest BCUT2D eigenvalue weighted by atomic mass is 16.4. The highest BCUT2D eigenvalue weighted by Gasteiger charge is 2.23. The Morgan fingerprint density at radius 2 is 2.24 bits per heavy atom. The van der Waals surface area contributed by atoms with Crippen LogP contribution in [0.4, 0.5) is 0 Å². The molecule has 3 nitrogen and oxygen atoms in total. The lowest BCUT2D eigenvalue weighted by Crippen LogP contribution is -2.14. The minimum Gasteiger partial charge on any atom is -0.478 e. The van der Waals surface area contributed by atoms with Crippen molar-refractivity contribution in [2.45, 2.75) is 52.5 Å². The number of aromatic carboxylic acids is 1. The molecule has 1 aliphatic rings. The number of carboxylic acids is 1. The maximum atomic E-state index is 11.2. The largest absolute Gasteiger partial charge is 0.478 e. The van der Waals surface area contributed by atoms with Crippen LogP contribution < -0.4 is 0 Å². The molecule has 2 aromatic rings. The molecule has 1 N–H and O–H groups in total. The molecule has 1 unspecified atom stereocenters. The number of aryl methyl sites for hydroxylation is 1. The summed E-state index contributed by atoms with van der Waals surface area (Å²) in [6, 6.07) is 5.61. The average molecular weight is 285 g/mol. The first kappa shape index (κ1) is 14.2. The molecule has 1 atom stereocenters. The second kappa shape index (κ2) is 5.55. The first-order valence-corrected chi connectivity index (χ1v) is 7.99. The van der Waals surface area contributed by atoms with Gasteiger partial charge in [-0.1, -0.05) is 20.3 Å². The molecule has 0 saturated carbocycles. The summed E-state index contributed by atoms with van der Waals surface area (Å²) in [6.45, 7) is 5.55. The number of fused-ring (bicyclic) bond motifs is 3. The number of carboxylic acid groups (broad SMARTS) is 1. The smallest absolute Gasteiger partial charge is 0.335 e. The predicted octanol–water partition coefficient (Wildman–Crippen LogP) is 4.26. The fraction of sp³-hybridized carbons (Fsp3) is 0.500. The van der Waals surface area contributed by atoms with Gasteiger partial charge in [0.05, 0.1) is 5.56 Å². The molecule has 3 heteroatoms. The Labute approximate surface area is 125 Å². The first-order chi connectivity index (χ1) is 10.1. The molecule has 1 heterocycles. The minimum atomic E-state index is -0.837. The summed E-state index contributed by atoms with van der Waals surface area (Å²) >= 11 is 0. The van der Waals surface area contributed by atoms with Crippen molar-refractivity contribution < 1.29 is 9.90 Å². The number of benzene rings is 1. The molecule has 3 rings (SSSR count). The molecular formula is C18H23NO2. The summed E-state index contributed by atoms with van der Waals surface area (Å²) in [6.07, 6.45) is 5.79. The minimum absolute atomic E-state index is 0.399. The number of hydrogen-bond acceptors (Lipinski definition) is 1. The molecule has 1 aliphatic carbocycles. The molecule has 21 heavy (non-hydrogen) atoms. The van der Waals surface area contributed by atoms with Gasteiger partial charge in [0.2, 0.25) is 0 Å². The van der Waals surface area contributed by atoms with Crippen LogP contribution in [0.3, 0.4) is 0 Å². The van der Waals surface area contributed by atoms with Crippen LogP contribution in [-0.2, 0) is 19.4 Å². The Bertz CT molecular complexity index is 684. The number of nitrogens with zero attached hydrogens (tertiary/aromatic N) is 1. The lowest BCUT2D eigenvalue weighted by molar-refractivity contribution is 0.0697. The first-order valence-electron chi connectivity index (χ1n) is 7.99. The van der Waals surface area contributed by atoms with Crippen LogP contribution in [0.1, 0.15) is 54.7 Å². The number of rotatable bonds is 4. The van der Waals surface area contributed by atoms with E-state index in [4.69, 9.17) is 0 Å². The zero-order chi connectivity index (χ0) is 15.0. The van der Waals surface area contributed by atoms with Crippen molar-refractivity contribution in [3.63, 3.8) is 0 Å². The van der Waals surface area contributed by atoms with Gasteiger partial charge in [-0.15, -0.1) is 0 Å². The van der Waals surface area contributed by atoms with Gasteiger partial charge in [0.1, 0.15) is 0 Å². The molecule has 1 aromatic carbocycles. The van der Waals surface area contributed by atoms with Gasteiger partial charge in [0.15, 0.2) is 0 Å². The Kier molecular flexibility index (Phi) is 3.75. The van der Waals surface area contributed by atoms with Crippen LogP contribution >= 0.6 is 0 Å². The number of unbranched alkanes of at least 4 members (excludes halogenated alkanes) is 1. The molecule has 0 spiro atoms. The summed E-state index contributed by atoms with van der Waals surface area (Å²) in [5, 5.41) is 10.4. The third-order valence-corrected chi connectivity index (χ3v) is 4.70. The SMILES string of the molecule is CCCCn1c2c(c3cc(C(=O)O)ccc31)CC(C)CC2. The van der Waals surface area contributed by atoms with E-state index in [9.17, 15) is 9.90 Å². The Morgan fingerprint density at radius 1 is 1.43 bits per heavy atom. The Morgan fingerprint density at radius 3 is 2.95 bits per heavy atom. The number of hydrogen-bond donors (Lipinski definition) is 1. The molecule has 0 amide bonds. The van der Waals surface area contributed by atoms with Crippen molar-refractivity contribution in [3.8, 4) is 0 Å². The summed E-state index contributed by atoms with van der Waals surface area (Å²) in [5.41, 5.74) is 4.45. The second-order valence-corrected chi connectivity index (χ2v) is 6.32. The van der Waals surface area contributed by atoms with Gasteiger partial charge in [-0.2, -0.15) is 0 Å². The van der Waals surface area contributed by atoms with Crippen LogP contribution in [0.25, 0.3) is 10.9 Å². The maximum absolute atomic E-state index is 11.2. The number of carbonyl (C=O) groups is 1. The predicted molar refractivity (Wildman–Crippen MR) is 85.0 cm³/mol. The molecule has 112 valence electrons. The standard InChI is InChI=1S/C18H23NO2/c1-3-4-9-19-16-7-5-12(2)10-14(16)15-11-13(18(20)21)6-8-17(15)19/h6,8,11-12H,3-5,7,9-10H2,1-2H3,(H,20,21). The molecule has 0 bridgehead atoms. The monoisotopic (exact) mass is 285 g/mol. The third-order valence-electron chi connectivity index (χ3n) is 4.70. The van der Waals surface area contributed by atoms with E-state index in [0.29, 0.717) is 11.5 Å². The Hall–Kier alpha value is -1.77. The average Bonchev–Trinajstić information content (AvgIpc) is 2.77. The normalized spacial score (nSPS) is 17.9. The quantitative estimate of drug-likeness (QED) is 0.911. The maximum Gasteiger partial charge on any atom is 0.335 e. The molecule has 0 aliphatic heterocycles. The third kappa shape index (κ3) is 2.45. The zero-order valence-electron chi connectivity index (χ0n) is 12.9. The topological polar surface area (TPSA) is 42.2 Å². The van der Waals surface area contributed by atoms with Gasteiger partial charge >= 0.3 is 5.97 Å². The van der Waals surface area contributed by atoms with E-state index in [1.165, 1.54) is 36.0 Å². The van der Waals surface area contributed by atoms with Gasteiger partial charge in [0.25, 0.3) is 0 Å². The fourth-order valence-corrected chi connectivity index (χ4v) is 3.53. The van der Waals surface area contributed by atoms with Crippen molar-refractivity contribution >= 4 is 16.9 Å². The van der Waals surface area contributed by atoms with Crippen LogP contribution in [0.5, 0.6) is 0 Å². The summed E-state index contributed by atoms with van der Waals surface area (Å²) in [5.74, 6) is -0.146. The summed E-state index contributed by atoms with van der Waals surface area (Å²) in [7, 11) is 0. The van der Waals surface area contributed by atoms with Crippen LogP contribution in [0.15, 0.2) is 18.2 Å². The molecular weight excluding hydrogens is 262 g/mol. The van der Waals surface area contributed by atoms with Crippen molar-refractivity contribution in [2.75, 3.05) is 0 Å². The number of aromatic nitrogens is 1. The van der Waals surface area contributed by atoms with Crippen molar-refractivity contribution in [1.82, 2.24) is 4.57 Å². The lowest BCUT2D eigenvalue weighted by Gasteiger charge is -2.20. The molecule has 0 saturated heterocycles. The highest BCUT2D eigenvalue weighted by molar-refractivity contribution is 5.95. The van der Waals surface area contributed by atoms with E-state index in [0.717, 1.165) is 24.8 Å². The van der Waals surface area contributed by atoms with Crippen LogP contribution in [0, 0.1) is 5.92 Å². The zero-order valence-corrected chi connectivity index (χ0v) is 12.9. The Balaban J connectivity index is 2.19. The lowest BCUT2D eigenvalue weighted by atomic mass is 9.87. The van der Waals surface area contributed by atoms with Crippen molar-refractivity contribution in [2.24, 2.45) is 5.92 Å². The summed E-state index contributed by atoms with van der Waals surface area (Å²) < 4.78 is 2.44. The van der Waals surface area contributed by atoms with Crippen molar-refractivity contribution in [1.29, 1.82) is 0 Å². The molecule has 0 fully saturated rings. The van der Waals surface area contributed by atoms with Gasteiger partial charge < -0.3 is 9.67 Å². The summed E-state index contributed by atoms with van der Waals surface area (Å²) in [4.78, 5) is 11.2. The van der Waals surface area contributed by atoms with Crippen LogP contribution in [0.2, 0.25) is 0 Å². The van der Waals surface area contributed by atoms with Gasteiger partial charge in [-0.25, -0.2) is 4.79 Å². The van der Waals surface area contributed by atoms with Crippen LogP contribution in [-0.4, -0.2) is 15.6 Å². The van der Waals surface area contributed by atoms with E-state index < -0.39 is 5.97 Å². The second-order valence-electron chi connectivity index (χ2n) is 6.32. The highest BCUT2D eigenvalue weighted by Crippen LogP contribution is 2.35. The van der Waals surface area contributed by atoms with Gasteiger partial charge in [0, 0.05) is 23.1 Å². The fourth-order valence-electron chi connectivity index (χ4n) is 3.53. The van der Waals surface area contributed by atoms with Crippen molar-refractivity contribution in [3.05, 3.63) is 35.0 Å². The van der Waals surface area contributed by atoms with Gasteiger partial charge in [-0.05, 0) is 55.4 Å². The van der Waals surface area contributed by atoms with E-state index in [-0.39, 0.29) is 0 Å². The molecule has 1 aromatic heterocycles. The molecule has 0 radical (unpaired) electrons. The van der Waals surface area contributed by atoms with E-state index in [1.807, 2.05) is 12.1 Å². The van der Waals surface area contributed by atoms with E-state index in [1.54, 1.807) is 6.07 Å². The van der Waals surface area contributed by atoms with E-state index >= 15 is 0 Å².